The molecule has 2 heteroatoms. The third-order valence-electron chi connectivity index (χ3n) is 2.52. The molecule has 0 aromatic heterocycles. The first-order chi connectivity index (χ1) is 7.25. The fourth-order valence-electron chi connectivity index (χ4n) is 1.57. The van der Waals surface area contributed by atoms with Crippen LogP contribution < -0.4 is 5.73 Å². The molecule has 16 heavy (non-hydrogen) atoms. The SMILES string of the molecule is CC(C)(C)C#CC1(C)C=CC=CC1C(N)=O. The average molecular weight is 217 g/mol. The molecule has 86 valence electrons. The van der Waals surface area contributed by atoms with E-state index in [4.69, 9.17) is 5.73 Å². The van der Waals surface area contributed by atoms with E-state index in [2.05, 4.69) is 11.8 Å². The maximum Gasteiger partial charge on any atom is 0.226 e. The lowest BCUT2D eigenvalue weighted by Gasteiger charge is -2.28. The van der Waals surface area contributed by atoms with E-state index in [1.165, 1.54) is 0 Å². The van der Waals surface area contributed by atoms with Gasteiger partial charge in [-0.1, -0.05) is 36.1 Å². The molecule has 1 rings (SSSR count). The second-order valence-corrected chi connectivity index (χ2v) is 5.41. The van der Waals surface area contributed by atoms with Gasteiger partial charge in [-0.15, -0.1) is 0 Å². The summed E-state index contributed by atoms with van der Waals surface area (Å²) in [4.78, 5) is 11.4. The van der Waals surface area contributed by atoms with Gasteiger partial charge in [0.2, 0.25) is 5.91 Å². The van der Waals surface area contributed by atoms with Gasteiger partial charge in [-0.3, -0.25) is 4.79 Å². The van der Waals surface area contributed by atoms with E-state index in [9.17, 15) is 4.79 Å². The van der Waals surface area contributed by atoms with Crippen LogP contribution in [-0.2, 0) is 4.79 Å². The van der Waals surface area contributed by atoms with Crippen molar-refractivity contribution in [2.75, 3.05) is 0 Å². The molecule has 0 fully saturated rings. The van der Waals surface area contributed by atoms with Gasteiger partial charge in [-0.2, -0.15) is 0 Å². The zero-order valence-electron chi connectivity index (χ0n) is 10.4. The summed E-state index contributed by atoms with van der Waals surface area (Å²) in [5, 5.41) is 0. The van der Waals surface area contributed by atoms with Crippen molar-refractivity contribution in [2.24, 2.45) is 22.5 Å². The fraction of sp³-hybridized carbons (Fsp3) is 0.500. The van der Waals surface area contributed by atoms with Crippen LogP contribution in [0.3, 0.4) is 0 Å². The number of carbonyl (C=O) groups is 1. The van der Waals surface area contributed by atoms with Gasteiger partial charge >= 0.3 is 0 Å². The minimum absolute atomic E-state index is 0.0692. The molecule has 1 amide bonds. The average Bonchev–Trinajstić information content (AvgIpc) is 2.14. The first-order valence-electron chi connectivity index (χ1n) is 5.44. The summed E-state index contributed by atoms with van der Waals surface area (Å²) in [6, 6.07) is 0. The van der Waals surface area contributed by atoms with Crippen molar-refractivity contribution in [3.8, 4) is 11.8 Å². The van der Waals surface area contributed by atoms with Crippen LogP contribution in [0.15, 0.2) is 24.3 Å². The van der Waals surface area contributed by atoms with E-state index in [1.54, 1.807) is 0 Å². The predicted molar refractivity (Wildman–Crippen MR) is 66.3 cm³/mol. The van der Waals surface area contributed by atoms with E-state index in [0.717, 1.165) is 0 Å². The van der Waals surface area contributed by atoms with Crippen LogP contribution in [0.2, 0.25) is 0 Å². The summed E-state index contributed by atoms with van der Waals surface area (Å²) < 4.78 is 0. The molecule has 0 saturated heterocycles. The Bertz CT molecular complexity index is 401. The zero-order valence-corrected chi connectivity index (χ0v) is 10.4. The van der Waals surface area contributed by atoms with Gasteiger partial charge in [0.25, 0.3) is 0 Å². The van der Waals surface area contributed by atoms with Crippen molar-refractivity contribution in [3.05, 3.63) is 24.3 Å². The third-order valence-corrected chi connectivity index (χ3v) is 2.52. The minimum atomic E-state index is -0.478. The minimum Gasteiger partial charge on any atom is -0.369 e. The molecule has 0 radical (unpaired) electrons. The van der Waals surface area contributed by atoms with Crippen molar-refractivity contribution in [1.29, 1.82) is 0 Å². The lowest BCUT2D eigenvalue weighted by atomic mass is 9.74. The molecule has 0 saturated carbocycles. The Labute approximate surface area is 97.6 Å². The normalized spacial score (nSPS) is 28.4. The van der Waals surface area contributed by atoms with Crippen LogP contribution >= 0.6 is 0 Å². The molecule has 2 atom stereocenters. The molecule has 2 N–H and O–H groups in total. The molecule has 0 heterocycles. The molecular weight excluding hydrogens is 198 g/mol. The lowest BCUT2D eigenvalue weighted by Crippen LogP contribution is -2.35. The van der Waals surface area contributed by atoms with Crippen molar-refractivity contribution in [3.63, 3.8) is 0 Å². The van der Waals surface area contributed by atoms with Gasteiger partial charge in [0, 0.05) is 5.41 Å². The second-order valence-electron chi connectivity index (χ2n) is 5.41. The lowest BCUT2D eigenvalue weighted by molar-refractivity contribution is -0.122. The highest BCUT2D eigenvalue weighted by Gasteiger charge is 2.34. The largest absolute Gasteiger partial charge is 0.369 e. The number of carbonyl (C=O) groups excluding carboxylic acids is 1. The summed E-state index contributed by atoms with van der Waals surface area (Å²) in [5.41, 5.74) is 4.84. The molecule has 0 aromatic carbocycles. The van der Waals surface area contributed by atoms with Gasteiger partial charge in [0.1, 0.15) is 0 Å². The Balaban J connectivity index is 3.06. The number of primary amides is 1. The molecule has 2 nitrogen and oxygen atoms in total. The van der Waals surface area contributed by atoms with Crippen molar-refractivity contribution < 1.29 is 4.79 Å². The summed E-state index contributed by atoms with van der Waals surface area (Å²) in [5.74, 6) is 5.69. The molecule has 2 unspecified atom stereocenters. The number of allylic oxidation sites excluding steroid dienone is 3. The second kappa shape index (κ2) is 4.17. The van der Waals surface area contributed by atoms with Crippen molar-refractivity contribution in [2.45, 2.75) is 27.7 Å². The summed E-state index contributed by atoms with van der Waals surface area (Å²) in [6.07, 6.45) is 7.52. The molecule has 0 bridgehead atoms. The smallest absolute Gasteiger partial charge is 0.226 e. The number of hydrogen-bond acceptors (Lipinski definition) is 1. The summed E-state index contributed by atoms with van der Waals surface area (Å²) in [7, 11) is 0. The van der Waals surface area contributed by atoms with E-state index in [1.807, 2.05) is 52.0 Å². The highest BCUT2D eigenvalue weighted by molar-refractivity contribution is 5.81. The molecule has 0 aromatic rings. The number of amides is 1. The van der Waals surface area contributed by atoms with Gasteiger partial charge in [0.05, 0.1) is 11.3 Å². The Morgan fingerprint density at radius 2 is 2.00 bits per heavy atom. The first kappa shape index (κ1) is 12.6. The van der Waals surface area contributed by atoms with Gasteiger partial charge in [-0.25, -0.2) is 0 Å². The van der Waals surface area contributed by atoms with E-state index < -0.39 is 5.41 Å². The Kier molecular flexibility index (Phi) is 3.28. The molecule has 0 aliphatic heterocycles. The van der Waals surface area contributed by atoms with Crippen LogP contribution in [0.4, 0.5) is 0 Å². The Morgan fingerprint density at radius 3 is 2.50 bits per heavy atom. The molecular formula is C14H19NO. The van der Waals surface area contributed by atoms with Crippen LogP contribution in [0, 0.1) is 28.6 Å². The van der Waals surface area contributed by atoms with Gasteiger partial charge in [-0.05, 0) is 27.7 Å². The Hall–Kier alpha value is -1.49. The van der Waals surface area contributed by atoms with E-state index in [0.29, 0.717) is 0 Å². The monoisotopic (exact) mass is 217 g/mol. The van der Waals surface area contributed by atoms with E-state index in [-0.39, 0.29) is 17.2 Å². The molecule has 0 spiro atoms. The fourth-order valence-corrected chi connectivity index (χ4v) is 1.57. The number of rotatable bonds is 1. The van der Waals surface area contributed by atoms with Crippen LogP contribution in [0.25, 0.3) is 0 Å². The number of nitrogens with two attached hydrogens (primary N) is 1. The summed E-state index contributed by atoms with van der Waals surface area (Å²) in [6.45, 7) is 8.09. The van der Waals surface area contributed by atoms with Crippen molar-refractivity contribution in [1.82, 2.24) is 0 Å². The highest BCUT2D eigenvalue weighted by Crippen LogP contribution is 2.32. The predicted octanol–water partition coefficient (Wildman–Crippen LogP) is 2.27. The topological polar surface area (TPSA) is 43.1 Å². The standard InChI is InChI=1S/C14H19NO/c1-13(2,3)9-10-14(4)8-6-5-7-11(14)12(15)16/h5-8,11H,1-4H3,(H2,15,16). The van der Waals surface area contributed by atoms with Gasteiger partial charge in [0.15, 0.2) is 0 Å². The van der Waals surface area contributed by atoms with E-state index >= 15 is 0 Å². The molecule has 1 aliphatic rings. The maximum absolute atomic E-state index is 11.4. The van der Waals surface area contributed by atoms with Crippen LogP contribution in [0.5, 0.6) is 0 Å². The number of hydrogen-bond donors (Lipinski definition) is 1. The highest BCUT2D eigenvalue weighted by atomic mass is 16.1. The quantitative estimate of drug-likeness (QED) is 0.673. The van der Waals surface area contributed by atoms with Crippen molar-refractivity contribution >= 4 is 5.91 Å². The third kappa shape index (κ3) is 3.00. The van der Waals surface area contributed by atoms with Crippen LogP contribution in [0.1, 0.15) is 27.7 Å². The zero-order chi connectivity index (χ0) is 12.4. The Morgan fingerprint density at radius 1 is 1.38 bits per heavy atom. The first-order valence-corrected chi connectivity index (χ1v) is 5.44. The van der Waals surface area contributed by atoms with Gasteiger partial charge < -0.3 is 5.73 Å². The molecule has 1 aliphatic carbocycles. The van der Waals surface area contributed by atoms with Crippen LogP contribution in [-0.4, -0.2) is 5.91 Å². The summed E-state index contributed by atoms with van der Waals surface area (Å²) >= 11 is 0. The maximum atomic E-state index is 11.4.